The Balaban J connectivity index is 0.000000189. The van der Waals surface area contributed by atoms with Crippen molar-refractivity contribution < 1.29 is 38.1 Å². The lowest BCUT2D eigenvalue weighted by Gasteiger charge is -2.17. The van der Waals surface area contributed by atoms with Gasteiger partial charge in [0, 0.05) is 44.0 Å². The summed E-state index contributed by atoms with van der Waals surface area (Å²) in [6, 6.07) is 37.8. The zero-order valence-electron chi connectivity index (χ0n) is 35.4. The monoisotopic (exact) mass is 972 g/mol. The van der Waals surface area contributed by atoms with Gasteiger partial charge in [-0.25, -0.2) is 9.97 Å². The summed E-state index contributed by atoms with van der Waals surface area (Å²) in [5, 5.41) is 20.5. The second-order valence-electron chi connectivity index (χ2n) is 15.9. The van der Waals surface area contributed by atoms with Crippen molar-refractivity contribution in [3.05, 3.63) is 164 Å². The highest BCUT2D eigenvalue weighted by Gasteiger charge is 2.24. The number of benzene rings is 6. The summed E-state index contributed by atoms with van der Waals surface area (Å²) < 4.78 is 24.9. The van der Waals surface area contributed by atoms with E-state index in [4.69, 9.17) is 18.3 Å². The molecule has 8 rings (SSSR count). The predicted molar refractivity (Wildman–Crippen MR) is 251 cm³/mol. The highest BCUT2D eigenvalue weighted by atomic mass is 79.9. The summed E-state index contributed by atoms with van der Waals surface area (Å²) in [6.07, 6.45) is -0.0926. The number of aromatic nitrogens is 2. The van der Waals surface area contributed by atoms with Gasteiger partial charge in [0.2, 0.25) is 11.8 Å². The summed E-state index contributed by atoms with van der Waals surface area (Å²) in [5.41, 5.74) is 8.14. The molecule has 0 spiro atoms. The van der Waals surface area contributed by atoms with E-state index in [1.54, 1.807) is 20.8 Å². The first-order chi connectivity index (χ1) is 30.1. The number of hydrogen-bond acceptors (Lipinski definition) is 10. The minimum atomic E-state index is -1.07. The van der Waals surface area contributed by atoms with Gasteiger partial charge in [0.25, 0.3) is 0 Å². The lowest BCUT2D eigenvalue weighted by Crippen LogP contribution is -2.15. The highest BCUT2D eigenvalue weighted by molar-refractivity contribution is 9.10. The smallest absolute Gasteiger partial charge is 0.227 e. The molecule has 0 aliphatic heterocycles. The molecular formula is C51H46Br2N2O8. The number of nitrogens with zero attached hydrogens (tertiary/aromatic N) is 2. The Kier molecular flexibility index (Phi) is 14.1. The number of aliphatic hydroxyl groups excluding tert-OH is 1. The second-order valence-corrected chi connectivity index (χ2v) is 17.7. The molecule has 0 saturated heterocycles. The lowest BCUT2D eigenvalue weighted by molar-refractivity contribution is -0.121. The Labute approximate surface area is 382 Å². The van der Waals surface area contributed by atoms with Gasteiger partial charge in [0.05, 0.1) is 11.7 Å². The van der Waals surface area contributed by atoms with Crippen LogP contribution in [0, 0.1) is 13.8 Å². The van der Waals surface area contributed by atoms with Gasteiger partial charge < -0.3 is 28.5 Å². The molecule has 10 nitrogen and oxygen atoms in total. The zero-order valence-corrected chi connectivity index (χ0v) is 38.6. The van der Waals surface area contributed by atoms with Crippen LogP contribution in [0.4, 0.5) is 0 Å². The number of para-hydroxylation sites is 2. The maximum atomic E-state index is 12.3. The summed E-state index contributed by atoms with van der Waals surface area (Å²) in [7, 11) is 0. The molecule has 0 aliphatic rings. The quantitative estimate of drug-likeness (QED) is 0.108. The van der Waals surface area contributed by atoms with Gasteiger partial charge in [-0.05, 0) is 118 Å². The zero-order chi connectivity index (χ0) is 44.8. The molecule has 8 aromatic rings. The Hall–Kier alpha value is -5.92. The summed E-state index contributed by atoms with van der Waals surface area (Å²) in [5.74, 6) is 2.39. The number of oxazole rings is 2. The first-order valence-electron chi connectivity index (χ1n) is 20.3. The van der Waals surface area contributed by atoms with E-state index in [0.29, 0.717) is 51.5 Å². The molecule has 322 valence electrons. The van der Waals surface area contributed by atoms with Crippen LogP contribution < -0.4 is 9.47 Å². The van der Waals surface area contributed by atoms with Crippen LogP contribution in [0.2, 0.25) is 0 Å². The van der Waals surface area contributed by atoms with Crippen LogP contribution in [0.1, 0.15) is 60.3 Å². The number of aliphatic hydroxyl groups is 2. The number of halogens is 2. The van der Waals surface area contributed by atoms with Crippen molar-refractivity contribution in [3.8, 4) is 34.4 Å². The Bertz CT molecular complexity index is 2890. The van der Waals surface area contributed by atoms with Gasteiger partial charge in [-0.1, -0.05) is 92.5 Å². The van der Waals surface area contributed by atoms with Crippen LogP contribution in [0.15, 0.2) is 139 Å². The van der Waals surface area contributed by atoms with Gasteiger partial charge in [0.1, 0.15) is 35.7 Å². The van der Waals surface area contributed by atoms with Crippen molar-refractivity contribution in [2.75, 3.05) is 13.2 Å². The minimum absolute atomic E-state index is 0.00235. The predicted octanol–water partition coefficient (Wildman–Crippen LogP) is 11.8. The molecule has 0 bridgehead atoms. The van der Waals surface area contributed by atoms with Gasteiger partial charge in [-0.15, -0.1) is 0 Å². The lowest BCUT2D eigenvalue weighted by atomic mass is 9.98. The minimum Gasteiger partial charge on any atom is -0.486 e. The van der Waals surface area contributed by atoms with E-state index in [1.165, 1.54) is 0 Å². The molecule has 0 fully saturated rings. The molecule has 6 aromatic carbocycles. The number of Topliss-reactive ketones (excluding diaryl/α,β-unsaturated/α-hetero) is 2. The molecule has 12 heteroatoms. The van der Waals surface area contributed by atoms with Crippen LogP contribution in [0.25, 0.3) is 45.1 Å². The van der Waals surface area contributed by atoms with Crippen molar-refractivity contribution >= 4 is 65.6 Å². The fraction of sp³-hybridized carbons (Fsp3) is 0.216. The summed E-state index contributed by atoms with van der Waals surface area (Å²) >= 11 is 6.92. The number of ketones is 2. The number of hydrogen-bond donors (Lipinski definition) is 2. The number of aryl methyl sites for hydroxylation is 2. The average Bonchev–Trinajstić information content (AvgIpc) is 3.87. The van der Waals surface area contributed by atoms with Gasteiger partial charge in [-0.2, -0.15) is 0 Å². The Morgan fingerprint density at radius 3 is 1.52 bits per heavy atom. The van der Waals surface area contributed by atoms with Crippen LogP contribution in [-0.4, -0.2) is 45.0 Å². The van der Waals surface area contributed by atoms with Crippen LogP contribution >= 0.6 is 31.9 Å². The molecule has 0 aliphatic carbocycles. The summed E-state index contributed by atoms with van der Waals surface area (Å²) in [4.78, 5) is 33.8. The first kappa shape index (κ1) is 45.1. The molecule has 1 atom stereocenters. The molecule has 2 aromatic heterocycles. The van der Waals surface area contributed by atoms with Crippen molar-refractivity contribution in [2.24, 2.45) is 0 Å². The molecule has 2 heterocycles. The first-order valence-corrected chi connectivity index (χ1v) is 21.9. The molecule has 0 radical (unpaired) electrons. The van der Waals surface area contributed by atoms with E-state index in [2.05, 4.69) is 41.8 Å². The van der Waals surface area contributed by atoms with Crippen molar-refractivity contribution in [1.29, 1.82) is 0 Å². The average molecular weight is 975 g/mol. The van der Waals surface area contributed by atoms with E-state index in [0.717, 1.165) is 53.8 Å². The molecule has 63 heavy (non-hydrogen) atoms. The Morgan fingerprint density at radius 1 is 0.651 bits per heavy atom. The van der Waals surface area contributed by atoms with E-state index < -0.39 is 11.7 Å². The van der Waals surface area contributed by atoms with E-state index >= 15 is 0 Å². The van der Waals surface area contributed by atoms with E-state index in [1.807, 2.05) is 135 Å². The Morgan fingerprint density at radius 2 is 1.08 bits per heavy atom. The second kappa shape index (κ2) is 19.6. The molecular weight excluding hydrogens is 928 g/mol. The maximum absolute atomic E-state index is 12.3. The fourth-order valence-corrected chi connectivity index (χ4v) is 7.78. The standard InChI is InChI=1S/C26H24BrNO4.C25H22BrNO4/c1-16-6-4-5-7-23(16)31-15-20(29)12-17-8-10-18(11-9-17)25-28-22-14-19(27)13-21(24(22)32-25)26(2,3)30;1-15-5-3-4-6-23(15)30-14-20(29)11-17-7-9-18(10-8-17)25-27-22-13-19(26)12-21(16(2)28)24(22)31-25/h4-11,13-14,30H,12,15H2,1-3H3;3-10,12-13,16,28H,11,14H2,1-2H3. The SMILES string of the molecule is Cc1ccccc1OCC(=O)Cc1ccc(-c2nc3cc(Br)cc(C(C)(C)O)c3o2)cc1.Cc1ccccc1OCC(=O)Cc1ccc(-c2nc3cc(Br)cc(C(C)O)c3o2)cc1. The molecule has 2 N–H and O–H groups in total. The van der Waals surface area contributed by atoms with E-state index in [9.17, 15) is 19.8 Å². The van der Waals surface area contributed by atoms with Gasteiger partial charge >= 0.3 is 0 Å². The van der Waals surface area contributed by atoms with Crippen molar-refractivity contribution in [1.82, 2.24) is 9.97 Å². The van der Waals surface area contributed by atoms with Crippen molar-refractivity contribution in [2.45, 2.75) is 59.2 Å². The highest BCUT2D eigenvalue weighted by Crippen LogP contribution is 2.35. The third-order valence-electron chi connectivity index (χ3n) is 10.2. The number of carbonyl (C=O) groups is 2. The number of carbonyl (C=O) groups excluding carboxylic acids is 2. The number of fused-ring (bicyclic) bond motifs is 2. The van der Waals surface area contributed by atoms with Crippen LogP contribution in [-0.2, 0) is 28.0 Å². The van der Waals surface area contributed by atoms with Crippen LogP contribution in [0.3, 0.4) is 0 Å². The number of rotatable bonds is 14. The number of ether oxygens (including phenoxy) is 2. The molecule has 0 amide bonds. The van der Waals surface area contributed by atoms with Crippen LogP contribution in [0.5, 0.6) is 11.5 Å². The third kappa shape index (κ3) is 11.4. The topological polar surface area (TPSA) is 145 Å². The fourth-order valence-electron chi connectivity index (χ4n) is 6.87. The van der Waals surface area contributed by atoms with Gasteiger partial charge in [-0.3, -0.25) is 9.59 Å². The normalized spacial score (nSPS) is 11.9. The van der Waals surface area contributed by atoms with E-state index in [-0.39, 0.29) is 31.2 Å². The maximum Gasteiger partial charge on any atom is 0.227 e. The largest absolute Gasteiger partial charge is 0.486 e. The molecule has 1 unspecified atom stereocenters. The molecule has 0 saturated carbocycles. The van der Waals surface area contributed by atoms with Gasteiger partial charge in [0.15, 0.2) is 22.7 Å². The third-order valence-corrected chi connectivity index (χ3v) is 11.1. The van der Waals surface area contributed by atoms with Crippen molar-refractivity contribution in [3.63, 3.8) is 0 Å². The summed E-state index contributed by atoms with van der Waals surface area (Å²) in [6.45, 7) is 9.09.